The number of likely N-dealkylation sites (N-methyl/N-ethyl adjacent to an activating group) is 1. The summed E-state index contributed by atoms with van der Waals surface area (Å²) in [6.45, 7) is 5.76. The predicted octanol–water partition coefficient (Wildman–Crippen LogP) is 1.70. The molecule has 0 atom stereocenters. The van der Waals surface area contributed by atoms with Crippen LogP contribution in [-0.2, 0) is 11.3 Å². The molecule has 1 heterocycles. The first-order valence-corrected chi connectivity index (χ1v) is 6.26. The van der Waals surface area contributed by atoms with Crippen LogP contribution in [-0.4, -0.2) is 24.0 Å². The molecule has 1 aromatic heterocycles. The fourth-order valence-electron chi connectivity index (χ4n) is 2.05. The van der Waals surface area contributed by atoms with Crippen LogP contribution in [0.4, 0.5) is 0 Å². The van der Waals surface area contributed by atoms with Crippen molar-refractivity contribution >= 4 is 16.8 Å². The van der Waals surface area contributed by atoms with Crippen LogP contribution in [0.3, 0.4) is 0 Å². The van der Waals surface area contributed by atoms with Crippen LogP contribution in [0.15, 0.2) is 24.3 Å². The first-order chi connectivity index (χ1) is 8.72. The van der Waals surface area contributed by atoms with Crippen molar-refractivity contribution in [3.05, 3.63) is 35.5 Å². The Morgan fingerprint density at radius 1 is 1.33 bits per heavy atom. The highest BCUT2D eigenvalue weighted by molar-refractivity contribution is 5.85. The molecule has 0 fully saturated rings. The summed E-state index contributed by atoms with van der Waals surface area (Å²) in [6, 6.07) is 8.14. The van der Waals surface area contributed by atoms with E-state index in [-0.39, 0.29) is 5.91 Å². The lowest BCUT2D eigenvalue weighted by molar-refractivity contribution is -0.120. The number of benzene rings is 1. The summed E-state index contributed by atoms with van der Waals surface area (Å²) >= 11 is 0. The van der Waals surface area contributed by atoms with Crippen molar-refractivity contribution in [2.75, 3.05) is 13.1 Å². The van der Waals surface area contributed by atoms with E-state index in [4.69, 9.17) is 0 Å². The van der Waals surface area contributed by atoms with E-state index >= 15 is 0 Å². The Kier molecular flexibility index (Phi) is 3.99. The SMILES string of the molecule is CCNCC(=O)NCc1c(C)[nH]c2ccccc12. The first-order valence-electron chi connectivity index (χ1n) is 6.26. The summed E-state index contributed by atoms with van der Waals surface area (Å²) < 4.78 is 0. The van der Waals surface area contributed by atoms with Crippen molar-refractivity contribution in [1.29, 1.82) is 0 Å². The Morgan fingerprint density at radius 3 is 2.89 bits per heavy atom. The highest BCUT2D eigenvalue weighted by atomic mass is 16.1. The van der Waals surface area contributed by atoms with Gasteiger partial charge in [-0.25, -0.2) is 0 Å². The summed E-state index contributed by atoms with van der Waals surface area (Å²) in [7, 11) is 0. The molecule has 2 rings (SSSR count). The number of para-hydroxylation sites is 1. The standard InChI is InChI=1S/C14H19N3O/c1-3-15-9-14(18)16-8-12-10(2)17-13-7-5-4-6-11(12)13/h4-7,15,17H,3,8-9H2,1-2H3,(H,16,18). The van der Waals surface area contributed by atoms with E-state index < -0.39 is 0 Å². The van der Waals surface area contributed by atoms with Gasteiger partial charge in [0.2, 0.25) is 5.91 Å². The zero-order valence-corrected chi connectivity index (χ0v) is 10.8. The van der Waals surface area contributed by atoms with Gasteiger partial charge in [-0.1, -0.05) is 25.1 Å². The molecule has 2 aromatic rings. The molecule has 4 heteroatoms. The molecule has 1 amide bonds. The molecule has 0 saturated heterocycles. The molecule has 0 saturated carbocycles. The fourth-order valence-corrected chi connectivity index (χ4v) is 2.05. The van der Waals surface area contributed by atoms with Gasteiger partial charge in [0.15, 0.2) is 0 Å². The van der Waals surface area contributed by atoms with Crippen molar-refractivity contribution in [2.45, 2.75) is 20.4 Å². The Balaban J connectivity index is 2.07. The summed E-state index contributed by atoms with van der Waals surface area (Å²) in [6.07, 6.45) is 0. The smallest absolute Gasteiger partial charge is 0.234 e. The fraction of sp³-hybridized carbons (Fsp3) is 0.357. The molecular weight excluding hydrogens is 226 g/mol. The number of rotatable bonds is 5. The quantitative estimate of drug-likeness (QED) is 0.751. The van der Waals surface area contributed by atoms with Crippen LogP contribution in [0.5, 0.6) is 0 Å². The average molecular weight is 245 g/mol. The van der Waals surface area contributed by atoms with Gasteiger partial charge in [0.25, 0.3) is 0 Å². The molecule has 0 aliphatic heterocycles. The first kappa shape index (κ1) is 12.6. The van der Waals surface area contributed by atoms with E-state index in [0.29, 0.717) is 13.1 Å². The number of carbonyl (C=O) groups is 1. The van der Waals surface area contributed by atoms with Crippen LogP contribution in [0.25, 0.3) is 10.9 Å². The van der Waals surface area contributed by atoms with Crippen molar-refractivity contribution in [2.24, 2.45) is 0 Å². The maximum absolute atomic E-state index is 11.6. The van der Waals surface area contributed by atoms with Crippen molar-refractivity contribution < 1.29 is 4.79 Å². The number of hydrogen-bond donors (Lipinski definition) is 3. The molecular formula is C14H19N3O. The summed E-state index contributed by atoms with van der Waals surface area (Å²) in [5.41, 5.74) is 3.39. The molecule has 96 valence electrons. The number of H-pyrrole nitrogens is 1. The van der Waals surface area contributed by atoms with Crippen LogP contribution in [0.1, 0.15) is 18.2 Å². The highest BCUT2D eigenvalue weighted by Crippen LogP contribution is 2.21. The minimum Gasteiger partial charge on any atom is -0.358 e. The molecule has 1 aromatic carbocycles. The second kappa shape index (κ2) is 5.69. The molecule has 0 aliphatic carbocycles. The Bertz CT molecular complexity index is 545. The van der Waals surface area contributed by atoms with E-state index in [1.807, 2.05) is 32.0 Å². The van der Waals surface area contributed by atoms with Crippen LogP contribution in [0, 0.1) is 6.92 Å². The lowest BCUT2D eigenvalue weighted by Gasteiger charge is -2.06. The number of hydrogen-bond acceptors (Lipinski definition) is 2. The van der Waals surface area contributed by atoms with Gasteiger partial charge < -0.3 is 15.6 Å². The number of amides is 1. The van der Waals surface area contributed by atoms with Crippen molar-refractivity contribution in [3.8, 4) is 0 Å². The van der Waals surface area contributed by atoms with Crippen molar-refractivity contribution in [1.82, 2.24) is 15.6 Å². The van der Waals surface area contributed by atoms with Crippen LogP contribution in [0.2, 0.25) is 0 Å². The van der Waals surface area contributed by atoms with E-state index in [0.717, 1.165) is 23.3 Å². The Labute approximate surface area is 107 Å². The lowest BCUT2D eigenvalue weighted by atomic mass is 10.1. The Hall–Kier alpha value is -1.81. The lowest BCUT2D eigenvalue weighted by Crippen LogP contribution is -2.33. The number of aromatic nitrogens is 1. The zero-order valence-electron chi connectivity index (χ0n) is 10.8. The minimum atomic E-state index is 0.0292. The molecule has 0 bridgehead atoms. The largest absolute Gasteiger partial charge is 0.358 e. The summed E-state index contributed by atoms with van der Waals surface area (Å²) in [5.74, 6) is 0.0292. The maximum Gasteiger partial charge on any atom is 0.234 e. The van der Waals surface area contributed by atoms with Gasteiger partial charge in [-0.15, -0.1) is 0 Å². The molecule has 4 nitrogen and oxygen atoms in total. The minimum absolute atomic E-state index is 0.0292. The number of nitrogens with one attached hydrogen (secondary N) is 3. The van der Waals surface area contributed by atoms with Crippen molar-refractivity contribution in [3.63, 3.8) is 0 Å². The van der Waals surface area contributed by atoms with Gasteiger partial charge in [0.05, 0.1) is 6.54 Å². The normalized spacial score (nSPS) is 10.8. The van der Waals surface area contributed by atoms with E-state index in [9.17, 15) is 4.79 Å². The van der Waals surface area contributed by atoms with E-state index in [1.54, 1.807) is 0 Å². The maximum atomic E-state index is 11.6. The topological polar surface area (TPSA) is 56.9 Å². The zero-order chi connectivity index (χ0) is 13.0. The van der Waals surface area contributed by atoms with Crippen LogP contribution < -0.4 is 10.6 Å². The van der Waals surface area contributed by atoms with Gasteiger partial charge in [0.1, 0.15) is 0 Å². The molecule has 0 spiro atoms. The summed E-state index contributed by atoms with van der Waals surface area (Å²) in [4.78, 5) is 14.9. The molecule has 18 heavy (non-hydrogen) atoms. The second-order valence-electron chi connectivity index (χ2n) is 4.33. The molecule has 0 aliphatic rings. The molecule has 0 unspecified atom stereocenters. The monoisotopic (exact) mass is 245 g/mol. The van der Waals surface area contributed by atoms with Gasteiger partial charge in [-0.3, -0.25) is 4.79 Å². The van der Waals surface area contributed by atoms with Gasteiger partial charge >= 0.3 is 0 Å². The second-order valence-corrected chi connectivity index (χ2v) is 4.33. The Morgan fingerprint density at radius 2 is 2.11 bits per heavy atom. The average Bonchev–Trinajstić information content (AvgIpc) is 2.69. The predicted molar refractivity (Wildman–Crippen MR) is 73.4 cm³/mol. The third-order valence-corrected chi connectivity index (χ3v) is 3.02. The molecule has 0 radical (unpaired) electrons. The van der Waals surface area contributed by atoms with E-state index in [1.165, 1.54) is 5.39 Å². The van der Waals surface area contributed by atoms with Gasteiger partial charge in [-0.2, -0.15) is 0 Å². The number of aryl methyl sites for hydroxylation is 1. The van der Waals surface area contributed by atoms with Crippen LogP contribution >= 0.6 is 0 Å². The number of aromatic amines is 1. The number of carbonyl (C=O) groups excluding carboxylic acids is 1. The van der Waals surface area contributed by atoms with Gasteiger partial charge in [0, 0.05) is 23.1 Å². The molecule has 3 N–H and O–H groups in total. The number of fused-ring (bicyclic) bond motifs is 1. The summed E-state index contributed by atoms with van der Waals surface area (Å²) in [5, 5.41) is 7.12. The third kappa shape index (κ3) is 2.71. The van der Waals surface area contributed by atoms with Gasteiger partial charge in [-0.05, 0) is 25.1 Å². The van der Waals surface area contributed by atoms with E-state index in [2.05, 4.69) is 21.7 Å². The third-order valence-electron chi connectivity index (χ3n) is 3.02. The highest BCUT2D eigenvalue weighted by Gasteiger charge is 2.08.